The molecule has 0 aromatic carbocycles. The van der Waals surface area contributed by atoms with Gasteiger partial charge in [0.1, 0.15) is 6.61 Å². The van der Waals surface area contributed by atoms with Gasteiger partial charge >= 0.3 is 11.9 Å². The maximum absolute atomic E-state index is 11.8. The largest absolute Gasteiger partial charge is 0.463 e. The maximum Gasteiger partial charge on any atom is 0.306 e. The van der Waals surface area contributed by atoms with E-state index in [1.54, 1.807) is 0 Å². The summed E-state index contributed by atoms with van der Waals surface area (Å²) in [5.41, 5.74) is 0. The van der Waals surface area contributed by atoms with E-state index in [0.717, 1.165) is 25.7 Å². The number of allylic oxidation sites excluding steroid dienone is 1. The molecule has 0 spiro atoms. The molecule has 0 saturated carbocycles. The van der Waals surface area contributed by atoms with Crippen LogP contribution in [0.15, 0.2) is 12.2 Å². The van der Waals surface area contributed by atoms with E-state index in [2.05, 4.69) is 13.8 Å². The van der Waals surface area contributed by atoms with Gasteiger partial charge in [-0.1, -0.05) is 64.5 Å². The summed E-state index contributed by atoms with van der Waals surface area (Å²) < 4.78 is 10.5. The number of esters is 2. The van der Waals surface area contributed by atoms with E-state index < -0.39 is 0 Å². The highest BCUT2D eigenvalue weighted by Crippen LogP contribution is 2.11. The fraction of sp³-hybridized carbons (Fsp3) is 0.810. The van der Waals surface area contributed by atoms with Gasteiger partial charge in [-0.05, 0) is 32.6 Å². The SMILES string of the molecule is CCC/C=C/COC(=O)CCCC(=O)OC(C)CCCCCCCC. The highest BCUT2D eigenvalue weighted by atomic mass is 16.5. The molecule has 0 rings (SSSR count). The third-order valence-corrected chi connectivity index (χ3v) is 4.02. The minimum Gasteiger partial charge on any atom is -0.463 e. The summed E-state index contributed by atoms with van der Waals surface area (Å²) in [5.74, 6) is -0.469. The number of hydrogen-bond acceptors (Lipinski definition) is 4. The van der Waals surface area contributed by atoms with Gasteiger partial charge in [-0.25, -0.2) is 0 Å². The molecule has 0 aliphatic carbocycles. The average molecular weight is 355 g/mol. The molecular formula is C21H38O4. The summed E-state index contributed by atoms with van der Waals surface area (Å²) in [6.07, 6.45) is 15.3. The van der Waals surface area contributed by atoms with Gasteiger partial charge < -0.3 is 9.47 Å². The van der Waals surface area contributed by atoms with Crippen LogP contribution < -0.4 is 0 Å². The molecule has 0 heterocycles. The Morgan fingerprint density at radius 3 is 2.24 bits per heavy atom. The lowest BCUT2D eigenvalue weighted by molar-refractivity contribution is -0.149. The molecule has 4 nitrogen and oxygen atoms in total. The monoisotopic (exact) mass is 354 g/mol. The zero-order valence-electron chi connectivity index (χ0n) is 16.6. The Bertz CT molecular complexity index is 363. The van der Waals surface area contributed by atoms with Crippen molar-refractivity contribution in [2.24, 2.45) is 0 Å². The predicted molar refractivity (Wildman–Crippen MR) is 102 cm³/mol. The normalized spacial score (nSPS) is 12.3. The summed E-state index contributed by atoms with van der Waals surface area (Å²) in [6, 6.07) is 0. The van der Waals surface area contributed by atoms with E-state index in [1.807, 2.05) is 19.1 Å². The fourth-order valence-corrected chi connectivity index (χ4v) is 2.50. The van der Waals surface area contributed by atoms with Gasteiger partial charge in [0, 0.05) is 12.8 Å². The minimum absolute atomic E-state index is 0.0330. The molecule has 0 aliphatic heterocycles. The number of carbonyl (C=O) groups excluding carboxylic acids is 2. The highest BCUT2D eigenvalue weighted by molar-refractivity contribution is 5.72. The number of unbranched alkanes of at least 4 members (excludes halogenated alkanes) is 6. The van der Waals surface area contributed by atoms with Crippen LogP contribution in [0, 0.1) is 0 Å². The number of rotatable bonds is 16. The second-order valence-electron chi connectivity index (χ2n) is 6.65. The van der Waals surface area contributed by atoms with Gasteiger partial charge in [0.05, 0.1) is 6.10 Å². The topological polar surface area (TPSA) is 52.6 Å². The van der Waals surface area contributed by atoms with Gasteiger partial charge in [0.25, 0.3) is 0 Å². The Morgan fingerprint density at radius 1 is 0.840 bits per heavy atom. The third kappa shape index (κ3) is 17.3. The van der Waals surface area contributed by atoms with Crippen LogP contribution >= 0.6 is 0 Å². The Kier molecular flexibility index (Phi) is 16.6. The van der Waals surface area contributed by atoms with Crippen molar-refractivity contribution < 1.29 is 19.1 Å². The number of carbonyl (C=O) groups is 2. The predicted octanol–water partition coefficient (Wildman–Crippen LogP) is 5.74. The van der Waals surface area contributed by atoms with Gasteiger partial charge in [0.15, 0.2) is 0 Å². The molecule has 0 aromatic rings. The first-order chi connectivity index (χ1) is 12.1. The van der Waals surface area contributed by atoms with E-state index in [4.69, 9.17) is 9.47 Å². The van der Waals surface area contributed by atoms with Crippen molar-refractivity contribution in [3.8, 4) is 0 Å². The van der Waals surface area contributed by atoms with Crippen molar-refractivity contribution in [3.63, 3.8) is 0 Å². The van der Waals surface area contributed by atoms with Crippen molar-refractivity contribution in [1.29, 1.82) is 0 Å². The first kappa shape index (κ1) is 23.7. The van der Waals surface area contributed by atoms with Crippen molar-refractivity contribution in [2.45, 2.75) is 104 Å². The zero-order valence-corrected chi connectivity index (χ0v) is 16.6. The molecule has 0 radical (unpaired) electrons. The van der Waals surface area contributed by atoms with Crippen LogP contribution in [0.25, 0.3) is 0 Å². The molecule has 146 valence electrons. The fourth-order valence-electron chi connectivity index (χ4n) is 2.50. The van der Waals surface area contributed by atoms with Crippen LogP contribution in [0.4, 0.5) is 0 Å². The van der Waals surface area contributed by atoms with Crippen LogP contribution in [0.3, 0.4) is 0 Å². The summed E-state index contributed by atoms with van der Waals surface area (Å²) in [7, 11) is 0. The molecular weight excluding hydrogens is 316 g/mol. The van der Waals surface area contributed by atoms with E-state index in [0.29, 0.717) is 13.0 Å². The first-order valence-corrected chi connectivity index (χ1v) is 10.1. The molecule has 0 aliphatic rings. The molecule has 0 bridgehead atoms. The molecule has 0 fully saturated rings. The van der Waals surface area contributed by atoms with Crippen LogP contribution in [-0.4, -0.2) is 24.6 Å². The van der Waals surface area contributed by atoms with E-state index in [9.17, 15) is 9.59 Å². The summed E-state index contributed by atoms with van der Waals surface area (Å²) in [6.45, 7) is 6.58. The summed E-state index contributed by atoms with van der Waals surface area (Å²) in [4.78, 5) is 23.3. The second-order valence-corrected chi connectivity index (χ2v) is 6.65. The van der Waals surface area contributed by atoms with Crippen LogP contribution in [0.2, 0.25) is 0 Å². The van der Waals surface area contributed by atoms with Crippen molar-refractivity contribution in [3.05, 3.63) is 12.2 Å². The molecule has 1 atom stereocenters. The van der Waals surface area contributed by atoms with E-state index in [-0.39, 0.29) is 30.9 Å². The molecule has 1 unspecified atom stereocenters. The number of hydrogen-bond donors (Lipinski definition) is 0. The van der Waals surface area contributed by atoms with Crippen LogP contribution in [0.1, 0.15) is 97.8 Å². The standard InChI is InChI=1S/C21H38O4/c1-4-6-8-10-11-12-15-19(3)25-21(23)17-14-16-20(22)24-18-13-9-7-5-2/h9,13,19H,4-8,10-12,14-18H2,1-3H3/b13-9+. The highest BCUT2D eigenvalue weighted by Gasteiger charge is 2.10. The summed E-state index contributed by atoms with van der Waals surface area (Å²) in [5, 5.41) is 0. The quantitative estimate of drug-likeness (QED) is 0.201. The minimum atomic E-state index is -0.255. The van der Waals surface area contributed by atoms with E-state index in [1.165, 1.54) is 32.1 Å². The summed E-state index contributed by atoms with van der Waals surface area (Å²) >= 11 is 0. The zero-order chi connectivity index (χ0) is 18.8. The van der Waals surface area contributed by atoms with Crippen molar-refractivity contribution in [2.75, 3.05) is 6.61 Å². The van der Waals surface area contributed by atoms with Gasteiger partial charge in [0.2, 0.25) is 0 Å². The second kappa shape index (κ2) is 17.5. The molecule has 0 amide bonds. The Labute approximate surface area is 154 Å². The maximum atomic E-state index is 11.8. The molecule has 0 saturated heterocycles. The molecule has 25 heavy (non-hydrogen) atoms. The van der Waals surface area contributed by atoms with E-state index >= 15 is 0 Å². The lowest BCUT2D eigenvalue weighted by atomic mass is 10.1. The molecule has 0 aromatic heterocycles. The van der Waals surface area contributed by atoms with Gasteiger partial charge in [-0.2, -0.15) is 0 Å². The van der Waals surface area contributed by atoms with Crippen LogP contribution in [0.5, 0.6) is 0 Å². The Hall–Kier alpha value is -1.32. The van der Waals surface area contributed by atoms with Crippen LogP contribution in [-0.2, 0) is 19.1 Å². The molecule has 0 N–H and O–H groups in total. The lowest BCUT2D eigenvalue weighted by Crippen LogP contribution is -2.15. The first-order valence-electron chi connectivity index (χ1n) is 10.1. The average Bonchev–Trinajstić information content (AvgIpc) is 2.57. The Balaban J connectivity index is 3.57. The van der Waals surface area contributed by atoms with Crippen molar-refractivity contribution >= 4 is 11.9 Å². The van der Waals surface area contributed by atoms with Gasteiger partial charge in [-0.3, -0.25) is 9.59 Å². The Morgan fingerprint density at radius 2 is 1.52 bits per heavy atom. The smallest absolute Gasteiger partial charge is 0.306 e. The van der Waals surface area contributed by atoms with Gasteiger partial charge in [-0.15, -0.1) is 0 Å². The van der Waals surface area contributed by atoms with Crippen molar-refractivity contribution in [1.82, 2.24) is 0 Å². The lowest BCUT2D eigenvalue weighted by Gasteiger charge is -2.13. The molecule has 4 heteroatoms. The third-order valence-electron chi connectivity index (χ3n) is 4.02. The number of ether oxygens (including phenoxy) is 2.